The van der Waals surface area contributed by atoms with Crippen LogP contribution >= 0.6 is 0 Å². The molecule has 0 spiro atoms. The van der Waals surface area contributed by atoms with Gasteiger partial charge in [0.1, 0.15) is 0 Å². The summed E-state index contributed by atoms with van der Waals surface area (Å²) < 4.78 is 0. The highest BCUT2D eigenvalue weighted by Crippen LogP contribution is 2.28. The second-order valence-corrected chi connectivity index (χ2v) is 5.73. The lowest BCUT2D eigenvalue weighted by Gasteiger charge is -2.13. The molecule has 1 atom stereocenters. The van der Waals surface area contributed by atoms with Crippen LogP contribution in [0.3, 0.4) is 0 Å². The normalized spacial score (nSPS) is 17.9. The first kappa shape index (κ1) is 15.5. The van der Waals surface area contributed by atoms with E-state index in [0.717, 1.165) is 25.3 Å². The fraction of sp³-hybridized carbons (Fsp3) is 0.933. The molecular formula is C15H30N2O. The maximum Gasteiger partial charge on any atom is 0.234 e. The average Bonchev–Trinajstić information content (AvgIpc) is 2.81. The van der Waals surface area contributed by atoms with Gasteiger partial charge in [0.15, 0.2) is 0 Å². The summed E-state index contributed by atoms with van der Waals surface area (Å²) in [5.74, 6) is 1.10. The molecule has 18 heavy (non-hydrogen) atoms. The summed E-state index contributed by atoms with van der Waals surface area (Å²) in [7, 11) is 0. The Balaban J connectivity index is 1.91. The van der Waals surface area contributed by atoms with Crippen LogP contribution in [0.25, 0.3) is 0 Å². The third kappa shape index (κ3) is 7.00. The van der Waals surface area contributed by atoms with Gasteiger partial charge in [0.2, 0.25) is 5.91 Å². The summed E-state index contributed by atoms with van der Waals surface area (Å²) in [6.45, 7) is 5.66. The summed E-state index contributed by atoms with van der Waals surface area (Å²) in [6, 6.07) is 0.308. The zero-order valence-corrected chi connectivity index (χ0v) is 12.1. The van der Waals surface area contributed by atoms with Crippen molar-refractivity contribution in [3.8, 4) is 0 Å². The summed E-state index contributed by atoms with van der Waals surface area (Å²) in [5, 5.41) is 6.26. The number of nitrogens with one attached hydrogen (secondary N) is 2. The van der Waals surface area contributed by atoms with Gasteiger partial charge in [-0.15, -0.1) is 0 Å². The molecule has 1 saturated carbocycles. The van der Waals surface area contributed by atoms with Crippen molar-refractivity contribution in [1.82, 2.24) is 10.6 Å². The lowest BCUT2D eigenvalue weighted by molar-refractivity contribution is -0.120. The molecule has 1 fully saturated rings. The van der Waals surface area contributed by atoms with E-state index in [1.165, 1.54) is 38.5 Å². The SMILES string of the molecule is CCCC(C)NC(=O)CNCCCC1CCCC1. The highest BCUT2D eigenvalue weighted by molar-refractivity contribution is 5.78. The summed E-state index contributed by atoms with van der Waals surface area (Å²) in [6.07, 6.45) is 10.4. The second-order valence-electron chi connectivity index (χ2n) is 5.73. The smallest absolute Gasteiger partial charge is 0.234 e. The fourth-order valence-corrected chi connectivity index (χ4v) is 2.85. The first-order chi connectivity index (χ1) is 8.72. The molecule has 2 N–H and O–H groups in total. The Labute approximate surface area is 112 Å². The van der Waals surface area contributed by atoms with Crippen molar-refractivity contribution >= 4 is 5.91 Å². The van der Waals surface area contributed by atoms with Crippen molar-refractivity contribution < 1.29 is 4.79 Å². The number of hydrogen-bond donors (Lipinski definition) is 2. The molecule has 0 radical (unpaired) electrons. The Morgan fingerprint density at radius 2 is 2.06 bits per heavy atom. The van der Waals surface area contributed by atoms with Gasteiger partial charge in [-0.3, -0.25) is 4.79 Å². The summed E-state index contributed by atoms with van der Waals surface area (Å²) in [4.78, 5) is 11.6. The molecule has 1 aliphatic rings. The molecule has 1 rings (SSSR count). The Morgan fingerprint density at radius 3 is 2.72 bits per heavy atom. The number of carbonyl (C=O) groups is 1. The topological polar surface area (TPSA) is 41.1 Å². The minimum absolute atomic E-state index is 0.136. The zero-order chi connectivity index (χ0) is 13.2. The monoisotopic (exact) mass is 254 g/mol. The molecule has 1 unspecified atom stereocenters. The van der Waals surface area contributed by atoms with Gasteiger partial charge in [-0.1, -0.05) is 39.0 Å². The van der Waals surface area contributed by atoms with Crippen LogP contribution in [0.1, 0.15) is 65.2 Å². The van der Waals surface area contributed by atoms with Crippen LogP contribution in [0, 0.1) is 5.92 Å². The predicted molar refractivity (Wildman–Crippen MR) is 76.6 cm³/mol. The molecule has 1 amide bonds. The van der Waals surface area contributed by atoms with E-state index in [1.807, 2.05) is 0 Å². The quantitative estimate of drug-likeness (QED) is 0.621. The maximum atomic E-state index is 11.6. The zero-order valence-electron chi connectivity index (χ0n) is 12.1. The summed E-state index contributed by atoms with van der Waals surface area (Å²) in [5.41, 5.74) is 0. The Bertz CT molecular complexity index is 225. The number of rotatable bonds is 9. The van der Waals surface area contributed by atoms with E-state index < -0.39 is 0 Å². The van der Waals surface area contributed by atoms with Gasteiger partial charge < -0.3 is 10.6 Å². The molecule has 0 saturated heterocycles. The van der Waals surface area contributed by atoms with Crippen molar-refractivity contribution in [2.45, 2.75) is 71.3 Å². The predicted octanol–water partition coefficient (Wildman–Crippen LogP) is 2.85. The Hall–Kier alpha value is -0.570. The number of carbonyl (C=O) groups excluding carboxylic acids is 1. The van der Waals surface area contributed by atoms with Gasteiger partial charge in [0.25, 0.3) is 0 Å². The first-order valence-corrected chi connectivity index (χ1v) is 7.72. The average molecular weight is 254 g/mol. The highest BCUT2D eigenvalue weighted by atomic mass is 16.1. The van der Waals surface area contributed by atoms with E-state index >= 15 is 0 Å². The van der Waals surface area contributed by atoms with Crippen LogP contribution in [-0.4, -0.2) is 25.0 Å². The third-order valence-corrected chi connectivity index (χ3v) is 3.86. The molecule has 106 valence electrons. The maximum absolute atomic E-state index is 11.6. The third-order valence-electron chi connectivity index (χ3n) is 3.86. The van der Waals surface area contributed by atoms with Crippen LogP contribution in [0.15, 0.2) is 0 Å². The number of hydrogen-bond acceptors (Lipinski definition) is 2. The standard InChI is InChI=1S/C15H30N2O/c1-3-7-13(2)17-15(18)12-16-11-6-10-14-8-4-5-9-14/h13-14,16H,3-12H2,1-2H3,(H,17,18). The Kier molecular flexibility index (Phi) is 8.06. The van der Waals surface area contributed by atoms with Gasteiger partial charge in [-0.25, -0.2) is 0 Å². The van der Waals surface area contributed by atoms with Gasteiger partial charge in [0.05, 0.1) is 6.54 Å². The van der Waals surface area contributed by atoms with Gasteiger partial charge in [-0.05, 0) is 38.6 Å². The van der Waals surface area contributed by atoms with Crippen LogP contribution in [-0.2, 0) is 4.79 Å². The molecule has 0 aliphatic heterocycles. The van der Waals surface area contributed by atoms with Crippen molar-refractivity contribution in [2.75, 3.05) is 13.1 Å². The van der Waals surface area contributed by atoms with E-state index in [-0.39, 0.29) is 5.91 Å². The fourth-order valence-electron chi connectivity index (χ4n) is 2.85. The molecule has 3 heteroatoms. The van der Waals surface area contributed by atoms with Crippen LogP contribution in [0.2, 0.25) is 0 Å². The molecule has 0 aromatic rings. The van der Waals surface area contributed by atoms with Crippen molar-refractivity contribution in [1.29, 1.82) is 0 Å². The second kappa shape index (κ2) is 9.37. The van der Waals surface area contributed by atoms with Gasteiger partial charge in [-0.2, -0.15) is 0 Å². The lowest BCUT2D eigenvalue weighted by atomic mass is 10.0. The van der Waals surface area contributed by atoms with E-state index in [9.17, 15) is 4.79 Å². The molecule has 3 nitrogen and oxygen atoms in total. The van der Waals surface area contributed by atoms with Crippen molar-refractivity contribution in [3.63, 3.8) is 0 Å². The van der Waals surface area contributed by atoms with E-state index in [1.54, 1.807) is 0 Å². The molecule has 0 aromatic heterocycles. The molecule has 0 heterocycles. The van der Waals surface area contributed by atoms with Crippen LogP contribution in [0.4, 0.5) is 0 Å². The minimum atomic E-state index is 0.136. The van der Waals surface area contributed by atoms with E-state index in [4.69, 9.17) is 0 Å². The van der Waals surface area contributed by atoms with Crippen molar-refractivity contribution in [2.24, 2.45) is 5.92 Å². The Morgan fingerprint density at radius 1 is 1.33 bits per heavy atom. The van der Waals surface area contributed by atoms with Gasteiger partial charge in [0, 0.05) is 6.04 Å². The molecule has 0 aromatic carbocycles. The molecule has 1 aliphatic carbocycles. The first-order valence-electron chi connectivity index (χ1n) is 7.72. The number of amides is 1. The van der Waals surface area contributed by atoms with Crippen LogP contribution in [0.5, 0.6) is 0 Å². The van der Waals surface area contributed by atoms with E-state index in [2.05, 4.69) is 24.5 Å². The highest BCUT2D eigenvalue weighted by Gasteiger charge is 2.14. The van der Waals surface area contributed by atoms with Gasteiger partial charge >= 0.3 is 0 Å². The lowest BCUT2D eigenvalue weighted by Crippen LogP contribution is -2.39. The molecule has 0 bridgehead atoms. The molecular weight excluding hydrogens is 224 g/mol. The largest absolute Gasteiger partial charge is 0.353 e. The van der Waals surface area contributed by atoms with Crippen molar-refractivity contribution in [3.05, 3.63) is 0 Å². The summed E-state index contributed by atoms with van der Waals surface area (Å²) >= 11 is 0. The minimum Gasteiger partial charge on any atom is -0.353 e. The van der Waals surface area contributed by atoms with Crippen LogP contribution < -0.4 is 10.6 Å². The van der Waals surface area contributed by atoms with E-state index in [0.29, 0.717) is 12.6 Å².